The zero-order valence-electron chi connectivity index (χ0n) is 13.3. The number of piperidine rings is 1. The number of aromatic nitrogens is 2. The predicted octanol–water partition coefficient (Wildman–Crippen LogP) is 2.11. The molecule has 0 unspecified atom stereocenters. The van der Waals surface area contributed by atoms with Crippen molar-refractivity contribution in [1.82, 2.24) is 14.9 Å². The van der Waals surface area contributed by atoms with Crippen LogP contribution in [-0.4, -0.2) is 47.0 Å². The molecule has 5 heteroatoms. The van der Waals surface area contributed by atoms with Gasteiger partial charge in [0, 0.05) is 43.9 Å². The molecule has 3 heterocycles. The molecule has 2 aliphatic heterocycles. The van der Waals surface area contributed by atoms with Crippen LogP contribution in [0.1, 0.15) is 49.5 Å². The van der Waals surface area contributed by atoms with Gasteiger partial charge in [0.15, 0.2) is 0 Å². The van der Waals surface area contributed by atoms with Gasteiger partial charge >= 0.3 is 0 Å². The minimum Gasteiger partial charge on any atom is -0.355 e. The SMILES string of the molecule is Cc1cc(N2CC(C(=O)N3CCCCC3)C2)nc(C2CC2)n1. The molecule has 0 radical (unpaired) electrons. The van der Waals surface area contributed by atoms with Crippen molar-refractivity contribution in [3.8, 4) is 0 Å². The number of likely N-dealkylation sites (tertiary alicyclic amines) is 1. The second-order valence-corrected chi connectivity index (χ2v) is 6.99. The summed E-state index contributed by atoms with van der Waals surface area (Å²) in [5.41, 5.74) is 1.04. The van der Waals surface area contributed by atoms with Crippen molar-refractivity contribution >= 4 is 11.7 Å². The fraction of sp³-hybridized carbons (Fsp3) is 0.706. The summed E-state index contributed by atoms with van der Waals surface area (Å²) in [6, 6.07) is 2.05. The second kappa shape index (κ2) is 5.52. The Balaban J connectivity index is 1.39. The number of carbonyl (C=O) groups is 1. The summed E-state index contributed by atoms with van der Waals surface area (Å²) in [4.78, 5) is 26.0. The molecule has 1 aliphatic carbocycles. The number of carbonyl (C=O) groups excluding carboxylic acids is 1. The van der Waals surface area contributed by atoms with E-state index in [0.717, 1.165) is 56.4 Å². The molecule has 4 rings (SSSR count). The minimum absolute atomic E-state index is 0.165. The molecule has 3 aliphatic rings. The third kappa shape index (κ3) is 2.69. The lowest BCUT2D eigenvalue weighted by molar-refractivity contribution is -0.137. The summed E-state index contributed by atoms with van der Waals surface area (Å²) >= 11 is 0. The average molecular weight is 300 g/mol. The molecule has 1 amide bonds. The van der Waals surface area contributed by atoms with E-state index in [9.17, 15) is 4.79 Å². The van der Waals surface area contributed by atoms with Crippen molar-refractivity contribution in [2.75, 3.05) is 31.1 Å². The van der Waals surface area contributed by atoms with Gasteiger partial charge in [-0.05, 0) is 39.0 Å². The van der Waals surface area contributed by atoms with Gasteiger partial charge in [-0.1, -0.05) is 0 Å². The maximum atomic E-state index is 12.5. The molecule has 1 aromatic rings. The Kier molecular flexibility index (Phi) is 3.51. The third-order valence-electron chi connectivity index (χ3n) is 5.02. The zero-order valence-corrected chi connectivity index (χ0v) is 13.3. The fourth-order valence-corrected chi connectivity index (χ4v) is 3.45. The molecule has 5 nitrogen and oxygen atoms in total. The first kappa shape index (κ1) is 14.0. The van der Waals surface area contributed by atoms with E-state index in [1.54, 1.807) is 0 Å². The molecule has 118 valence electrons. The summed E-state index contributed by atoms with van der Waals surface area (Å²) in [5.74, 6) is 3.10. The Morgan fingerprint density at radius 2 is 1.86 bits per heavy atom. The standard InChI is InChI=1S/C17H24N4O/c1-12-9-15(19-16(18-12)13-5-6-13)21-10-14(11-21)17(22)20-7-3-2-4-8-20/h9,13-14H,2-8,10-11H2,1H3. The molecule has 3 fully saturated rings. The van der Waals surface area contributed by atoms with Crippen molar-refractivity contribution in [2.45, 2.75) is 44.9 Å². The highest BCUT2D eigenvalue weighted by molar-refractivity contribution is 5.82. The van der Waals surface area contributed by atoms with Gasteiger partial charge in [-0.15, -0.1) is 0 Å². The van der Waals surface area contributed by atoms with Crippen LogP contribution in [0.2, 0.25) is 0 Å². The molecule has 1 aromatic heterocycles. The Labute approximate surface area is 131 Å². The van der Waals surface area contributed by atoms with E-state index in [1.165, 1.54) is 19.3 Å². The monoisotopic (exact) mass is 300 g/mol. The number of aryl methyl sites for hydroxylation is 1. The van der Waals surface area contributed by atoms with Crippen LogP contribution in [0.4, 0.5) is 5.82 Å². The van der Waals surface area contributed by atoms with Crippen molar-refractivity contribution in [1.29, 1.82) is 0 Å². The number of hydrogen-bond acceptors (Lipinski definition) is 4. The highest BCUT2D eigenvalue weighted by Gasteiger charge is 2.37. The van der Waals surface area contributed by atoms with Gasteiger partial charge in [0.05, 0.1) is 5.92 Å². The number of anilines is 1. The fourth-order valence-electron chi connectivity index (χ4n) is 3.45. The summed E-state index contributed by atoms with van der Waals surface area (Å²) < 4.78 is 0. The Morgan fingerprint density at radius 1 is 1.14 bits per heavy atom. The number of amides is 1. The van der Waals surface area contributed by atoms with Gasteiger partial charge in [-0.3, -0.25) is 4.79 Å². The molecule has 0 bridgehead atoms. The number of nitrogens with zero attached hydrogens (tertiary/aromatic N) is 4. The molecular formula is C17H24N4O. The van der Waals surface area contributed by atoms with E-state index >= 15 is 0 Å². The Hall–Kier alpha value is -1.65. The molecule has 0 N–H and O–H groups in total. The van der Waals surface area contributed by atoms with Crippen LogP contribution in [0.15, 0.2) is 6.07 Å². The van der Waals surface area contributed by atoms with E-state index in [-0.39, 0.29) is 5.92 Å². The van der Waals surface area contributed by atoms with Crippen LogP contribution in [0.25, 0.3) is 0 Å². The van der Waals surface area contributed by atoms with Crippen LogP contribution >= 0.6 is 0 Å². The third-order valence-corrected chi connectivity index (χ3v) is 5.02. The molecule has 0 spiro atoms. The number of hydrogen-bond donors (Lipinski definition) is 0. The van der Waals surface area contributed by atoms with Gasteiger partial charge in [-0.25, -0.2) is 9.97 Å². The predicted molar refractivity (Wildman–Crippen MR) is 84.9 cm³/mol. The smallest absolute Gasteiger partial charge is 0.229 e. The molecule has 2 saturated heterocycles. The van der Waals surface area contributed by atoms with E-state index in [2.05, 4.69) is 14.8 Å². The first-order valence-electron chi connectivity index (χ1n) is 8.60. The summed E-state index contributed by atoms with van der Waals surface area (Å²) in [7, 11) is 0. The topological polar surface area (TPSA) is 49.3 Å². The van der Waals surface area contributed by atoms with Crippen LogP contribution in [-0.2, 0) is 4.79 Å². The van der Waals surface area contributed by atoms with Gasteiger partial charge in [-0.2, -0.15) is 0 Å². The van der Waals surface area contributed by atoms with Gasteiger partial charge in [0.2, 0.25) is 5.91 Å². The van der Waals surface area contributed by atoms with Crippen molar-refractivity contribution in [3.05, 3.63) is 17.6 Å². The van der Waals surface area contributed by atoms with Crippen LogP contribution in [0, 0.1) is 12.8 Å². The summed E-state index contributed by atoms with van der Waals surface area (Å²) in [5, 5.41) is 0. The first-order chi connectivity index (χ1) is 10.7. The van der Waals surface area contributed by atoms with Crippen LogP contribution in [0.5, 0.6) is 0 Å². The average Bonchev–Trinajstić information content (AvgIpc) is 3.30. The first-order valence-corrected chi connectivity index (χ1v) is 8.60. The zero-order chi connectivity index (χ0) is 15.1. The maximum absolute atomic E-state index is 12.5. The van der Waals surface area contributed by atoms with E-state index in [0.29, 0.717) is 11.8 Å². The van der Waals surface area contributed by atoms with Gasteiger partial charge in [0.1, 0.15) is 11.6 Å². The van der Waals surface area contributed by atoms with E-state index in [1.807, 2.05) is 13.0 Å². The largest absolute Gasteiger partial charge is 0.355 e. The Bertz CT molecular complexity index is 572. The summed E-state index contributed by atoms with van der Waals surface area (Å²) in [6.07, 6.45) is 6.04. The normalized spacial score (nSPS) is 22.6. The molecule has 1 saturated carbocycles. The lowest BCUT2D eigenvalue weighted by atomic mass is 9.97. The molecule has 22 heavy (non-hydrogen) atoms. The molecular weight excluding hydrogens is 276 g/mol. The van der Waals surface area contributed by atoms with Gasteiger partial charge < -0.3 is 9.80 Å². The van der Waals surface area contributed by atoms with Crippen molar-refractivity contribution < 1.29 is 4.79 Å². The highest BCUT2D eigenvalue weighted by Crippen LogP contribution is 2.39. The lowest BCUT2D eigenvalue weighted by Crippen LogP contribution is -2.55. The molecule has 0 atom stereocenters. The van der Waals surface area contributed by atoms with E-state index < -0.39 is 0 Å². The van der Waals surface area contributed by atoms with Crippen LogP contribution in [0.3, 0.4) is 0 Å². The second-order valence-electron chi connectivity index (χ2n) is 6.99. The Morgan fingerprint density at radius 3 is 2.55 bits per heavy atom. The highest BCUT2D eigenvalue weighted by atomic mass is 16.2. The number of rotatable bonds is 3. The molecule has 0 aromatic carbocycles. The minimum atomic E-state index is 0.165. The lowest BCUT2D eigenvalue weighted by Gasteiger charge is -2.42. The van der Waals surface area contributed by atoms with Gasteiger partial charge in [0.25, 0.3) is 0 Å². The maximum Gasteiger partial charge on any atom is 0.229 e. The van der Waals surface area contributed by atoms with Crippen LogP contribution < -0.4 is 4.90 Å². The van der Waals surface area contributed by atoms with Crippen molar-refractivity contribution in [2.24, 2.45) is 5.92 Å². The summed E-state index contributed by atoms with van der Waals surface area (Å²) in [6.45, 7) is 5.57. The quantitative estimate of drug-likeness (QED) is 0.858. The van der Waals surface area contributed by atoms with Crippen molar-refractivity contribution in [3.63, 3.8) is 0 Å². The van der Waals surface area contributed by atoms with E-state index in [4.69, 9.17) is 4.98 Å².